The number of hydrogen-bond donors (Lipinski definition) is 2. The first-order valence-corrected chi connectivity index (χ1v) is 15.5. The molecule has 0 fully saturated rings. The molecule has 0 aliphatic heterocycles. The first kappa shape index (κ1) is 32.9. The Morgan fingerprint density at radius 1 is 1.17 bits per heavy atom. The van der Waals surface area contributed by atoms with Gasteiger partial charge in [-0.2, -0.15) is 0 Å². The zero-order valence-corrected chi connectivity index (χ0v) is 25.8. The maximum Gasteiger partial charge on any atom is 0.320 e. The van der Waals surface area contributed by atoms with Crippen LogP contribution in [0.4, 0.5) is 15.0 Å². The molecule has 3 atom stereocenters. The molecular formula is C35H52FN5O. The van der Waals surface area contributed by atoms with Gasteiger partial charge in [-0.1, -0.05) is 75.2 Å². The van der Waals surface area contributed by atoms with Gasteiger partial charge in [-0.3, -0.25) is 10.3 Å². The van der Waals surface area contributed by atoms with Crippen molar-refractivity contribution < 1.29 is 12.0 Å². The van der Waals surface area contributed by atoms with Gasteiger partial charge in [0.2, 0.25) is 0 Å². The molecule has 2 aromatic heterocycles. The summed E-state index contributed by atoms with van der Waals surface area (Å²) >= 11 is 0. The lowest BCUT2D eigenvalue weighted by Gasteiger charge is -2.29. The van der Waals surface area contributed by atoms with Crippen LogP contribution in [0.5, 0.6) is 0 Å². The topological polar surface area (TPSA) is 79.8 Å². The average molecular weight is 578 g/mol. The number of benzene rings is 1. The highest BCUT2D eigenvalue weighted by Crippen LogP contribution is 2.40. The molecule has 0 bridgehead atoms. The highest BCUT2D eigenvalue weighted by Gasteiger charge is 2.32. The second kappa shape index (κ2) is 16.7. The summed E-state index contributed by atoms with van der Waals surface area (Å²) in [5, 5.41) is 5.75. The van der Waals surface area contributed by atoms with Crippen molar-refractivity contribution in [3.63, 3.8) is 0 Å². The van der Waals surface area contributed by atoms with E-state index in [9.17, 15) is 9.18 Å². The fourth-order valence-corrected chi connectivity index (χ4v) is 5.66. The zero-order valence-electron chi connectivity index (χ0n) is 25.8. The van der Waals surface area contributed by atoms with Crippen LogP contribution in [0.1, 0.15) is 93.2 Å². The molecule has 0 radical (unpaired) electrons. The molecule has 2 N–H and O–H groups in total. The fourth-order valence-electron chi connectivity index (χ4n) is 5.66. The van der Waals surface area contributed by atoms with Gasteiger partial charge in [-0.05, 0) is 81.9 Å². The van der Waals surface area contributed by atoms with Gasteiger partial charge < -0.3 is 5.32 Å². The second-order valence-corrected chi connectivity index (χ2v) is 11.3. The van der Waals surface area contributed by atoms with Crippen molar-refractivity contribution in [1.82, 2.24) is 20.3 Å². The molecule has 2 amide bonds. The van der Waals surface area contributed by atoms with E-state index in [-0.39, 0.29) is 14.3 Å². The number of hydrogen-bond acceptors (Lipinski definition) is 4. The van der Waals surface area contributed by atoms with E-state index >= 15 is 0 Å². The van der Waals surface area contributed by atoms with Crippen LogP contribution < -0.4 is 10.6 Å². The van der Waals surface area contributed by atoms with Crippen LogP contribution in [0.25, 0.3) is 11.2 Å². The van der Waals surface area contributed by atoms with Crippen LogP contribution in [0.3, 0.4) is 0 Å². The van der Waals surface area contributed by atoms with Gasteiger partial charge in [0.1, 0.15) is 17.5 Å². The minimum absolute atomic E-state index is 0. The Balaban J connectivity index is 0.00000237. The molecule has 0 saturated carbocycles. The molecule has 3 unspecified atom stereocenters. The van der Waals surface area contributed by atoms with E-state index < -0.39 is 6.17 Å². The largest absolute Gasteiger partial charge is 0.338 e. The van der Waals surface area contributed by atoms with Gasteiger partial charge in [0.05, 0.1) is 11.9 Å². The van der Waals surface area contributed by atoms with E-state index in [2.05, 4.69) is 59.2 Å². The number of carbonyl (C=O) groups excluding carboxylic acids is 1. The summed E-state index contributed by atoms with van der Waals surface area (Å²) in [6.45, 7) is 12.5. The van der Waals surface area contributed by atoms with Crippen LogP contribution in [0, 0.1) is 5.92 Å². The molecule has 1 aliphatic carbocycles. The second-order valence-electron chi connectivity index (χ2n) is 11.3. The van der Waals surface area contributed by atoms with E-state index in [4.69, 9.17) is 4.98 Å². The number of amides is 2. The number of urea groups is 1. The first-order valence-electron chi connectivity index (χ1n) is 15.5. The van der Waals surface area contributed by atoms with Crippen LogP contribution in [-0.4, -0.2) is 33.7 Å². The molecule has 6 nitrogen and oxygen atoms in total. The van der Waals surface area contributed by atoms with E-state index in [0.717, 1.165) is 57.1 Å². The van der Waals surface area contributed by atoms with Gasteiger partial charge in [-0.15, -0.1) is 6.58 Å². The summed E-state index contributed by atoms with van der Waals surface area (Å²) in [6.07, 6.45) is 13.0. The smallest absolute Gasteiger partial charge is 0.320 e. The molecule has 3 aromatic rings. The van der Waals surface area contributed by atoms with Crippen LogP contribution in [0.15, 0.2) is 73.0 Å². The lowest BCUT2D eigenvalue weighted by atomic mass is 9.77. The molecule has 0 spiro atoms. The number of pyridine rings is 1. The average Bonchev–Trinajstić information content (AvgIpc) is 3.15. The third-order valence-corrected chi connectivity index (χ3v) is 7.83. The summed E-state index contributed by atoms with van der Waals surface area (Å²) in [7, 11) is 0. The molecule has 1 aromatic carbocycles. The molecular weight excluding hydrogens is 525 g/mol. The molecule has 42 heavy (non-hydrogen) atoms. The zero-order chi connectivity index (χ0) is 30.4. The van der Waals surface area contributed by atoms with Crippen LogP contribution >= 0.6 is 0 Å². The Bertz CT molecular complexity index is 1320. The third-order valence-electron chi connectivity index (χ3n) is 7.83. The van der Waals surface area contributed by atoms with Crippen LogP contribution in [-0.2, 0) is 11.8 Å². The third kappa shape index (κ3) is 10.0. The van der Waals surface area contributed by atoms with Crippen molar-refractivity contribution in [2.24, 2.45) is 5.92 Å². The number of aromatic nitrogens is 3. The highest BCUT2D eigenvalue weighted by molar-refractivity contribution is 5.89. The summed E-state index contributed by atoms with van der Waals surface area (Å²) in [6, 6.07) is 13.7. The summed E-state index contributed by atoms with van der Waals surface area (Å²) < 4.78 is 13.7. The van der Waals surface area contributed by atoms with Gasteiger partial charge >= 0.3 is 6.03 Å². The first-order chi connectivity index (χ1) is 20.3. The van der Waals surface area contributed by atoms with Gasteiger partial charge in [0.25, 0.3) is 0 Å². The van der Waals surface area contributed by atoms with E-state index in [1.54, 1.807) is 6.07 Å². The number of rotatable bonds is 12. The van der Waals surface area contributed by atoms with Crippen molar-refractivity contribution in [2.75, 3.05) is 11.9 Å². The Labute approximate surface area is 254 Å². The summed E-state index contributed by atoms with van der Waals surface area (Å²) in [5.74, 6) is 0.921. The lowest BCUT2D eigenvalue weighted by Crippen LogP contribution is -2.30. The minimum Gasteiger partial charge on any atom is -0.338 e. The fraction of sp³-hybridized carbons (Fsp3) is 0.486. The van der Waals surface area contributed by atoms with E-state index in [1.807, 2.05) is 44.3 Å². The molecule has 4 rings (SSSR count). The molecule has 2 heterocycles. The molecule has 1 aliphatic rings. The minimum atomic E-state index is -0.932. The summed E-state index contributed by atoms with van der Waals surface area (Å²) in [5.41, 5.74) is 4.42. The SMILES string of the molecule is C=CC(F)CCCC1CCC(C)=CC(C)(c2cnc3ccc(NC(=O)NCCCCc4ccccc4)nc3n2)C1.CC.[HH].[HH]. The van der Waals surface area contributed by atoms with Crippen molar-refractivity contribution in [3.05, 3.63) is 84.2 Å². The number of carbonyl (C=O) groups is 1. The van der Waals surface area contributed by atoms with Crippen LogP contribution in [0.2, 0.25) is 0 Å². The van der Waals surface area contributed by atoms with Gasteiger partial charge in [0, 0.05) is 14.8 Å². The predicted molar refractivity (Wildman–Crippen MR) is 177 cm³/mol. The number of allylic oxidation sites excluding steroid dienone is 3. The lowest BCUT2D eigenvalue weighted by molar-refractivity contribution is 0.252. The number of nitrogens with zero attached hydrogens (tertiary/aromatic N) is 3. The maximum atomic E-state index is 13.7. The van der Waals surface area contributed by atoms with E-state index in [0.29, 0.717) is 35.9 Å². The highest BCUT2D eigenvalue weighted by atomic mass is 19.1. The summed E-state index contributed by atoms with van der Waals surface area (Å²) in [4.78, 5) is 26.7. The van der Waals surface area contributed by atoms with E-state index in [1.165, 1.54) is 17.2 Å². The standard InChI is InChI=1S/C33H42FN5O.C2H6.2H2/c1-4-27(34)15-10-14-26-17-16-24(2)21-33(3,22-26)29-23-36-28-18-19-30(38-31(28)37-29)39-32(40)35-20-9-8-13-25-11-6-5-7-12-25;1-2;;/h4-7,11-12,18-19,21,23,26-27H,1,8-10,13-17,20,22H2,2-3H3,(H2,35,37,38,39,40);1-2H3;2*1H. The maximum absolute atomic E-state index is 13.7. The monoisotopic (exact) mass is 577 g/mol. The number of fused-ring (bicyclic) bond motifs is 1. The Morgan fingerprint density at radius 3 is 2.71 bits per heavy atom. The van der Waals surface area contributed by atoms with Crippen molar-refractivity contribution in [2.45, 2.75) is 97.1 Å². The number of anilines is 1. The number of halogens is 1. The van der Waals surface area contributed by atoms with Gasteiger partial charge in [0.15, 0.2) is 5.65 Å². The Hall–Kier alpha value is -3.61. The van der Waals surface area contributed by atoms with Crippen molar-refractivity contribution in [3.8, 4) is 0 Å². The number of nitrogens with one attached hydrogen (secondary N) is 2. The molecule has 7 heteroatoms. The number of unbranched alkanes of at least 4 members (excludes halogenated alkanes) is 1. The van der Waals surface area contributed by atoms with Gasteiger partial charge in [-0.25, -0.2) is 19.2 Å². The molecule has 0 saturated heterocycles. The Kier molecular flexibility index (Phi) is 13.1. The van der Waals surface area contributed by atoms with Crippen molar-refractivity contribution in [1.29, 1.82) is 0 Å². The molecule has 230 valence electrons. The normalized spacial score (nSPS) is 19.1. The Morgan fingerprint density at radius 2 is 1.95 bits per heavy atom. The number of alkyl halides is 1. The number of aryl methyl sites for hydroxylation is 1. The predicted octanol–water partition coefficient (Wildman–Crippen LogP) is 9.39. The van der Waals surface area contributed by atoms with Crippen molar-refractivity contribution >= 4 is 23.0 Å². The quantitative estimate of drug-likeness (QED) is 0.166.